The van der Waals surface area contributed by atoms with E-state index < -0.39 is 11.5 Å². The summed E-state index contributed by atoms with van der Waals surface area (Å²) in [4.78, 5) is 23.9. The minimum absolute atomic E-state index is 0.189. The lowest BCUT2D eigenvalue weighted by atomic mass is 9.95. The average molecular weight is 313 g/mol. The van der Waals surface area contributed by atoms with Gasteiger partial charge in [0, 0.05) is 11.5 Å². The van der Waals surface area contributed by atoms with Gasteiger partial charge >= 0.3 is 0 Å². The maximum atomic E-state index is 12.1. The van der Waals surface area contributed by atoms with E-state index in [1.54, 1.807) is 45.9 Å². The lowest BCUT2D eigenvalue weighted by Crippen LogP contribution is -2.46. The molecule has 0 spiro atoms. The third-order valence-corrected chi connectivity index (χ3v) is 3.17. The van der Waals surface area contributed by atoms with Crippen molar-refractivity contribution in [3.8, 4) is 5.75 Å². The number of carbonyl (C=O) groups is 2. The van der Waals surface area contributed by atoms with Gasteiger partial charge in [0.15, 0.2) is 0 Å². The zero-order chi connectivity index (χ0) is 16.2. The Balaban J connectivity index is 2.71. The van der Waals surface area contributed by atoms with Crippen LogP contribution in [0.3, 0.4) is 0 Å². The summed E-state index contributed by atoms with van der Waals surface area (Å²) in [5.41, 5.74) is -0.0777. The van der Waals surface area contributed by atoms with Gasteiger partial charge in [0.1, 0.15) is 11.8 Å². The normalized spacial score (nSPS) is 12.5. The summed E-state index contributed by atoms with van der Waals surface area (Å²) in [7, 11) is 1.54. The van der Waals surface area contributed by atoms with Crippen LogP contribution in [0.25, 0.3) is 0 Å². The van der Waals surface area contributed by atoms with E-state index in [9.17, 15) is 9.59 Å². The SMILES string of the molecule is COc1ccc(NC(=O)C(C)NC(=O)C(C)(C)C)c(Cl)c1. The minimum atomic E-state index is -0.658. The summed E-state index contributed by atoms with van der Waals surface area (Å²) < 4.78 is 5.04. The van der Waals surface area contributed by atoms with Crippen LogP contribution in [-0.2, 0) is 9.59 Å². The molecule has 0 saturated carbocycles. The van der Waals surface area contributed by atoms with Gasteiger partial charge in [-0.3, -0.25) is 9.59 Å². The Morgan fingerprint density at radius 2 is 1.90 bits per heavy atom. The van der Waals surface area contributed by atoms with Crippen molar-refractivity contribution in [1.29, 1.82) is 0 Å². The van der Waals surface area contributed by atoms with Crippen LogP contribution in [0.15, 0.2) is 18.2 Å². The van der Waals surface area contributed by atoms with Gasteiger partial charge in [0.2, 0.25) is 11.8 Å². The molecule has 0 saturated heterocycles. The first kappa shape index (κ1) is 17.3. The van der Waals surface area contributed by atoms with E-state index in [1.165, 1.54) is 7.11 Å². The van der Waals surface area contributed by atoms with E-state index in [2.05, 4.69) is 10.6 Å². The molecule has 2 amide bonds. The quantitative estimate of drug-likeness (QED) is 0.898. The molecule has 0 aliphatic heterocycles. The first-order valence-corrected chi connectivity index (χ1v) is 6.98. The van der Waals surface area contributed by atoms with Gasteiger partial charge in [-0.05, 0) is 19.1 Å². The molecule has 0 aliphatic carbocycles. The van der Waals surface area contributed by atoms with Crippen LogP contribution in [0, 0.1) is 5.41 Å². The molecule has 116 valence electrons. The second-order valence-electron chi connectivity index (χ2n) is 5.78. The number of carbonyl (C=O) groups excluding carboxylic acids is 2. The van der Waals surface area contributed by atoms with E-state index in [-0.39, 0.29) is 11.8 Å². The van der Waals surface area contributed by atoms with E-state index in [4.69, 9.17) is 16.3 Å². The fourth-order valence-corrected chi connectivity index (χ4v) is 1.66. The Bertz CT molecular complexity index is 538. The molecule has 1 rings (SSSR count). The fraction of sp³-hybridized carbons (Fsp3) is 0.467. The van der Waals surface area contributed by atoms with Crippen molar-refractivity contribution in [1.82, 2.24) is 5.32 Å². The zero-order valence-corrected chi connectivity index (χ0v) is 13.7. The number of amides is 2. The largest absolute Gasteiger partial charge is 0.497 e. The summed E-state index contributed by atoms with van der Waals surface area (Å²) in [6.07, 6.45) is 0. The summed E-state index contributed by atoms with van der Waals surface area (Å²) in [5.74, 6) is 0.0812. The summed E-state index contributed by atoms with van der Waals surface area (Å²) in [6.45, 7) is 6.98. The molecule has 0 heterocycles. The van der Waals surface area contributed by atoms with Crippen LogP contribution in [0.4, 0.5) is 5.69 Å². The number of halogens is 1. The summed E-state index contributed by atoms with van der Waals surface area (Å²) in [5, 5.41) is 5.71. The Kier molecular flexibility index (Phi) is 5.61. The predicted molar refractivity (Wildman–Crippen MR) is 83.7 cm³/mol. The van der Waals surface area contributed by atoms with Crippen molar-refractivity contribution in [2.45, 2.75) is 33.7 Å². The molecule has 1 aromatic rings. The fourth-order valence-electron chi connectivity index (χ4n) is 1.44. The lowest BCUT2D eigenvalue weighted by molar-refractivity contribution is -0.131. The number of anilines is 1. The molecule has 21 heavy (non-hydrogen) atoms. The van der Waals surface area contributed by atoms with Gasteiger partial charge in [-0.2, -0.15) is 0 Å². The van der Waals surface area contributed by atoms with Crippen molar-refractivity contribution in [3.63, 3.8) is 0 Å². The van der Waals surface area contributed by atoms with Crippen LogP contribution in [0.2, 0.25) is 5.02 Å². The highest BCUT2D eigenvalue weighted by atomic mass is 35.5. The zero-order valence-electron chi connectivity index (χ0n) is 12.9. The maximum absolute atomic E-state index is 12.1. The summed E-state index contributed by atoms with van der Waals surface area (Å²) >= 11 is 6.05. The van der Waals surface area contributed by atoms with Crippen LogP contribution in [0.1, 0.15) is 27.7 Å². The topological polar surface area (TPSA) is 67.4 Å². The van der Waals surface area contributed by atoms with Crippen LogP contribution >= 0.6 is 11.6 Å². The highest BCUT2D eigenvalue weighted by Crippen LogP contribution is 2.26. The highest BCUT2D eigenvalue weighted by molar-refractivity contribution is 6.33. The molecule has 0 aliphatic rings. The molecule has 1 unspecified atom stereocenters. The number of ether oxygens (including phenoxy) is 1. The van der Waals surface area contributed by atoms with Gasteiger partial charge in [0.25, 0.3) is 0 Å². The lowest BCUT2D eigenvalue weighted by Gasteiger charge is -2.21. The van der Waals surface area contributed by atoms with Gasteiger partial charge in [-0.25, -0.2) is 0 Å². The van der Waals surface area contributed by atoms with E-state index in [0.29, 0.717) is 16.5 Å². The second-order valence-corrected chi connectivity index (χ2v) is 6.19. The monoisotopic (exact) mass is 312 g/mol. The third-order valence-electron chi connectivity index (χ3n) is 2.86. The molecule has 1 atom stereocenters. The second kappa shape index (κ2) is 6.80. The smallest absolute Gasteiger partial charge is 0.246 e. The number of rotatable bonds is 4. The van der Waals surface area contributed by atoms with Crippen LogP contribution in [-0.4, -0.2) is 25.0 Å². The molecular weight excluding hydrogens is 292 g/mol. The molecule has 0 radical (unpaired) electrons. The van der Waals surface area contributed by atoms with Crippen molar-refractivity contribution >= 4 is 29.1 Å². The van der Waals surface area contributed by atoms with Crippen molar-refractivity contribution in [2.24, 2.45) is 5.41 Å². The predicted octanol–water partition coefficient (Wildman–Crippen LogP) is 2.84. The first-order valence-electron chi connectivity index (χ1n) is 6.60. The van der Waals surface area contributed by atoms with Gasteiger partial charge in [0.05, 0.1) is 17.8 Å². The molecule has 0 fully saturated rings. The first-order chi connectivity index (χ1) is 9.65. The molecule has 0 aromatic heterocycles. The van der Waals surface area contributed by atoms with Crippen LogP contribution in [0.5, 0.6) is 5.75 Å². The molecule has 6 heteroatoms. The number of methoxy groups -OCH3 is 1. The standard InChI is InChI=1S/C15H21ClN2O3/c1-9(17-14(20)15(2,3)4)13(19)18-12-7-6-10(21-5)8-11(12)16/h6-9H,1-5H3,(H,17,20)(H,18,19). The van der Waals surface area contributed by atoms with Crippen molar-refractivity contribution < 1.29 is 14.3 Å². The number of nitrogens with one attached hydrogen (secondary N) is 2. The molecule has 2 N–H and O–H groups in total. The van der Waals surface area contributed by atoms with E-state index in [1.807, 2.05) is 0 Å². The van der Waals surface area contributed by atoms with Crippen molar-refractivity contribution in [2.75, 3.05) is 12.4 Å². The number of hydrogen-bond acceptors (Lipinski definition) is 3. The third kappa shape index (κ3) is 4.93. The molecule has 0 bridgehead atoms. The number of hydrogen-bond donors (Lipinski definition) is 2. The minimum Gasteiger partial charge on any atom is -0.497 e. The number of benzene rings is 1. The van der Waals surface area contributed by atoms with Gasteiger partial charge in [-0.15, -0.1) is 0 Å². The Morgan fingerprint density at radius 1 is 1.29 bits per heavy atom. The Labute approximate surface area is 130 Å². The van der Waals surface area contributed by atoms with Crippen LogP contribution < -0.4 is 15.4 Å². The van der Waals surface area contributed by atoms with Gasteiger partial charge < -0.3 is 15.4 Å². The van der Waals surface area contributed by atoms with Crippen molar-refractivity contribution in [3.05, 3.63) is 23.2 Å². The highest BCUT2D eigenvalue weighted by Gasteiger charge is 2.25. The Hall–Kier alpha value is -1.75. The van der Waals surface area contributed by atoms with Gasteiger partial charge in [-0.1, -0.05) is 32.4 Å². The van der Waals surface area contributed by atoms with E-state index in [0.717, 1.165) is 0 Å². The summed E-state index contributed by atoms with van der Waals surface area (Å²) in [6, 6.07) is 4.29. The molecule has 5 nitrogen and oxygen atoms in total. The molecule has 1 aromatic carbocycles. The average Bonchev–Trinajstić information content (AvgIpc) is 2.39. The molecular formula is C15H21ClN2O3. The van der Waals surface area contributed by atoms with E-state index >= 15 is 0 Å². The Morgan fingerprint density at radius 3 is 2.38 bits per heavy atom. The maximum Gasteiger partial charge on any atom is 0.246 e.